The van der Waals surface area contributed by atoms with Crippen molar-refractivity contribution in [1.82, 2.24) is 0 Å². The van der Waals surface area contributed by atoms with E-state index in [4.69, 9.17) is 35.4 Å². The van der Waals surface area contributed by atoms with Gasteiger partial charge in [-0.05, 0) is 25.0 Å². The Balaban J connectivity index is 2.17. The molecular weight excluding hydrogens is 283 g/mol. The highest BCUT2D eigenvalue weighted by Crippen LogP contribution is 2.45. The van der Waals surface area contributed by atoms with Gasteiger partial charge < -0.3 is 11.1 Å². The summed E-state index contributed by atoms with van der Waals surface area (Å²) in [6, 6.07) is 3.17. The van der Waals surface area contributed by atoms with Gasteiger partial charge >= 0.3 is 0 Å². The molecule has 0 aliphatic heterocycles. The lowest BCUT2D eigenvalue weighted by atomic mass is 9.66. The fourth-order valence-corrected chi connectivity index (χ4v) is 2.69. The molecule has 0 unspecified atom stereocenters. The van der Waals surface area contributed by atoms with Crippen LogP contribution in [0, 0.1) is 17.8 Å². The molecule has 0 heterocycles. The largest absolute Gasteiger partial charge is 0.396 e. The first-order valence-corrected chi connectivity index (χ1v) is 6.73. The standard InChI is InChI=1S/C14H14Cl2N2O/c1-2-4-14(5-3-6-14)13(19)18-9-7-10(15)12(17)11(16)8-9/h1,7-8H,3-6,17H2,(H,18,19). The summed E-state index contributed by atoms with van der Waals surface area (Å²) < 4.78 is 0. The molecule has 0 spiro atoms. The highest BCUT2D eigenvalue weighted by molar-refractivity contribution is 6.39. The smallest absolute Gasteiger partial charge is 0.231 e. The van der Waals surface area contributed by atoms with Gasteiger partial charge in [0.2, 0.25) is 5.91 Å². The van der Waals surface area contributed by atoms with Crippen molar-refractivity contribution in [3.63, 3.8) is 0 Å². The first kappa shape index (κ1) is 14.0. The van der Waals surface area contributed by atoms with Gasteiger partial charge in [-0.25, -0.2) is 0 Å². The van der Waals surface area contributed by atoms with E-state index >= 15 is 0 Å². The molecule has 19 heavy (non-hydrogen) atoms. The van der Waals surface area contributed by atoms with Crippen LogP contribution in [0.3, 0.4) is 0 Å². The van der Waals surface area contributed by atoms with Gasteiger partial charge in [0.1, 0.15) is 0 Å². The lowest BCUT2D eigenvalue weighted by Gasteiger charge is -2.38. The number of terminal acetylenes is 1. The first-order chi connectivity index (χ1) is 8.98. The van der Waals surface area contributed by atoms with Crippen molar-refractivity contribution in [2.75, 3.05) is 11.1 Å². The fraction of sp³-hybridized carbons (Fsp3) is 0.357. The van der Waals surface area contributed by atoms with Gasteiger partial charge in [-0.3, -0.25) is 4.79 Å². The van der Waals surface area contributed by atoms with Crippen LogP contribution in [-0.2, 0) is 4.79 Å². The summed E-state index contributed by atoms with van der Waals surface area (Å²) in [6.07, 6.45) is 8.45. The third-order valence-corrected chi connectivity index (χ3v) is 4.20. The van der Waals surface area contributed by atoms with Gasteiger partial charge in [-0.15, -0.1) is 12.3 Å². The monoisotopic (exact) mass is 296 g/mol. The average molecular weight is 297 g/mol. The molecule has 0 saturated heterocycles. The van der Waals surface area contributed by atoms with Crippen molar-refractivity contribution >= 4 is 40.5 Å². The number of nitrogens with two attached hydrogens (primary N) is 1. The number of nitrogens with one attached hydrogen (secondary N) is 1. The Labute approximate surface area is 122 Å². The topological polar surface area (TPSA) is 55.1 Å². The van der Waals surface area contributed by atoms with Crippen LogP contribution in [-0.4, -0.2) is 5.91 Å². The van der Waals surface area contributed by atoms with Crippen molar-refractivity contribution in [3.8, 4) is 12.3 Å². The number of hydrogen-bond donors (Lipinski definition) is 2. The second-order valence-corrected chi connectivity index (χ2v) is 5.64. The van der Waals surface area contributed by atoms with E-state index in [1.807, 2.05) is 0 Å². The van der Waals surface area contributed by atoms with Gasteiger partial charge in [0, 0.05) is 12.1 Å². The van der Waals surface area contributed by atoms with E-state index in [-0.39, 0.29) is 5.91 Å². The van der Waals surface area contributed by atoms with Gasteiger partial charge in [0.05, 0.1) is 21.1 Å². The number of nitrogen functional groups attached to an aromatic ring is 1. The molecule has 2 rings (SSSR count). The summed E-state index contributed by atoms with van der Waals surface area (Å²) in [5, 5.41) is 3.46. The van der Waals surface area contributed by atoms with Gasteiger partial charge in [-0.2, -0.15) is 0 Å². The second kappa shape index (κ2) is 5.32. The molecule has 3 N–H and O–H groups in total. The van der Waals surface area contributed by atoms with Crippen molar-refractivity contribution in [2.45, 2.75) is 25.7 Å². The number of anilines is 2. The van der Waals surface area contributed by atoms with Crippen molar-refractivity contribution < 1.29 is 4.79 Å². The molecule has 1 aliphatic carbocycles. The van der Waals surface area contributed by atoms with E-state index in [2.05, 4.69) is 11.2 Å². The van der Waals surface area contributed by atoms with Crippen LogP contribution in [0.25, 0.3) is 0 Å². The molecule has 1 aromatic rings. The third kappa shape index (κ3) is 2.65. The van der Waals surface area contributed by atoms with Gasteiger partial charge in [0.25, 0.3) is 0 Å². The molecule has 100 valence electrons. The molecule has 0 atom stereocenters. The van der Waals surface area contributed by atoms with Gasteiger partial charge in [0.15, 0.2) is 0 Å². The number of rotatable bonds is 3. The summed E-state index contributed by atoms with van der Waals surface area (Å²) in [4.78, 5) is 12.3. The predicted octanol–water partition coefficient (Wildman–Crippen LogP) is 3.71. The molecule has 1 aromatic carbocycles. The molecule has 0 radical (unpaired) electrons. The summed E-state index contributed by atoms with van der Waals surface area (Å²) in [5.41, 5.74) is 6.06. The van der Waals surface area contributed by atoms with Crippen LogP contribution in [0.1, 0.15) is 25.7 Å². The molecule has 1 saturated carbocycles. The summed E-state index contributed by atoms with van der Waals surface area (Å²) in [7, 11) is 0. The average Bonchev–Trinajstić information content (AvgIpc) is 2.30. The minimum absolute atomic E-state index is 0.0754. The maximum Gasteiger partial charge on any atom is 0.231 e. The van der Waals surface area contributed by atoms with Crippen LogP contribution < -0.4 is 11.1 Å². The van der Waals surface area contributed by atoms with Crippen LogP contribution in [0.5, 0.6) is 0 Å². The van der Waals surface area contributed by atoms with E-state index in [1.54, 1.807) is 12.1 Å². The summed E-state index contributed by atoms with van der Waals surface area (Å²) in [6.45, 7) is 0. The number of carbonyl (C=O) groups excluding carboxylic acids is 1. The number of halogens is 2. The first-order valence-electron chi connectivity index (χ1n) is 5.98. The van der Waals surface area contributed by atoms with E-state index in [0.29, 0.717) is 27.8 Å². The molecule has 1 fully saturated rings. The zero-order chi connectivity index (χ0) is 14.0. The Bertz CT molecular complexity index is 536. The molecule has 5 heteroatoms. The maximum absolute atomic E-state index is 12.3. The van der Waals surface area contributed by atoms with E-state index in [9.17, 15) is 4.79 Å². The quantitative estimate of drug-likeness (QED) is 0.660. The van der Waals surface area contributed by atoms with E-state index in [1.165, 1.54) is 0 Å². The van der Waals surface area contributed by atoms with Crippen LogP contribution in [0.4, 0.5) is 11.4 Å². The summed E-state index contributed by atoms with van der Waals surface area (Å²) in [5.74, 6) is 2.50. The van der Waals surface area contributed by atoms with Crippen LogP contribution in [0.2, 0.25) is 10.0 Å². The van der Waals surface area contributed by atoms with E-state index < -0.39 is 5.41 Å². The molecular formula is C14H14Cl2N2O. The zero-order valence-corrected chi connectivity index (χ0v) is 11.8. The van der Waals surface area contributed by atoms with Gasteiger partial charge in [-0.1, -0.05) is 29.6 Å². The zero-order valence-electron chi connectivity index (χ0n) is 10.3. The number of benzene rings is 1. The normalized spacial score (nSPS) is 16.3. The van der Waals surface area contributed by atoms with Crippen LogP contribution >= 0.6 is 23.2 Å². The highest BCUT2D eigenvalue weighted by Gasteiger charge is 2.43. The Morgan fingerprint density at radius 1 is 1.42 bits per heavy atom. The number of hydrogen-bond acceptors (Lipinski definition) is 2. The lowest BCUT2D eigenvalue weighted by Crippen LogP contribution is -2.41. The second-order valence-electron chi connectivity index (χ2n) is 4.82. The highest BCUT2D eigenvalue weighted by atomic mass is 35.5. The Morgan fingerprint density at radius 3 is 2.42 bits per heavy atom. The number of carbonyl (C=O) groups is 1. The Morgan fingerprint density at radius 2 is 2.00 bits per heavy atom. The lowest BCUT2D eigenvalue weighted by molar-refractivity contribution is -0.129. The minimum atomic E-state index is -0.435. The molecule has 1 aliphatic rings. The molecule has 1 amide bonds. The number of amides is 1. The Hall–Kier alpha value is -1.37. The Kier molecular flexibility index (Phi) is 3.93. The van der Waals surface area contributed by atoms with Crippen molar-refractivity contribution in [2.24, 2.45) is 5.41 Å². The summed E-state index contributed by atoms with van der Waals surface area (Å²) >= 11 is 11.9. The van der Waals surface area contributed by atoms with Crippen LogP contribution in [0.15, 0.2) is 12.1 Å². The maximum atomic E-state index is 12.3. The molecule has 3 nitrogen and oxygen atoms in total. The minimum Gasteiger partial charge on any atom is -0.396 e. The van der Waals surface area contributed by atoms with Crippen molar-refractivity contribution in [1.29, 1.82) is 0 Å². The predicted molar refractivity (Wildman–Crippen MR) is 79.2 cm³/mol. The SMILES string of the molecule is C#CCC1(C(=O)Nc2cc(Cl)c(N)c(Cl)c2)CCC1. The van der Waals surface area contributed by atoms with Crippen molar-refractivity contribution in [3.05, 3.63) is 22.2 Å². The molecule has 0 aromatic heterocycles. The van der Waals surface area contributed by atoms with E-state index in [0.717, 1.165) is 19.3 Å². The third-order valence-electron chi connectivity index (χ3n) is 3.57. The fourth-order valence-electron chi connectivity index (χ4n) is 2.20. The molecule has 0 bridgehead atoms.